The van der Waals surface area contributed by atoms with Crippen LogP contribution in [0.4, 0.5) is 0 Å². The molecule has 1 aromatic carbocycles. The number of carboxylic acid groups (broad SMARTS) is 1. The SMILES string of the molecule is O=C(O)CCNC(=O)C(=Cc1ccccc1)NC(=O)c1ccco1. The molecule has 0 spiro atoms. The van der Waals surface area contributed by atoms with Crippen LogP contribution in [0.1, 0.15) is 22.5 Å². The molecule has 0 atom stereocenters. The third kappa shape index (κ3) is 5.13. The van der Waals surface area contributed by atoms with E-state index in [0.717, 1.165) is 0 Å². The van der Waals surface area contributed by atoms with Gasteiger partial charge in [0, 0.05) is 6.54 Å². The predicted octanol–water partition coefficient (Wildman–Crippen LogP) is 1.64. The zero-order chi connectivity index (χ0) is 17.4. The summed E-state index contributed by atoms with van der Waals surface area (Å²) in [4.78, 5) is 34.8. The number of furan rings is 1. The summed E-state index contributed by atoms with van der Waals surface area (Å²) in [6.45, 7) is -0.0447. The molecule has 24 heavy (non-hydrogen) atoms. The fraction of sp³-hybridized carbons (Fsp3) is 0.118. The first-order valence-electron chi connectivity index (χ1n) is 7.18. The molecule has 2 amide bonds. The summed E-state index contributed by atoms with van der Waals surface area (Å²) < 4.78 is 4.99. The normalized spacial score (nSPS) is 10.9. The number of carboxylic acids is 1. The molecule has 2 aromatic rings. The molecule has 2 rings (SSSR count). The number of benzene rings is 1. The fourth-order valence-electron chi connectivity index (χ4n) is 1.84. The van der Waals surface area contributed by atoms with E-state index in [4.69, 9.17) is 9.52 Å². The number of nitrogens with one attached hydrogen (secondary N) is 2. The van der Waals surface area contributed by atoms with Gasteiger partial charge in [0.15, 0.2) is 5.76 Å². The molecule has 0 saturated heterocycles. The average Bonchev–Trinajstić information content (AvgIpc) is 3.09. The van der Waals surface area contributed by atoms with Gasteiger partial charge in [0.2, 0.25) is 0 Å². The molecule has 0 bridgehead atoms. The molecule has 124 valence electrons. The van der Waals surface area contributed by atoms with E-state index in [-0.39, 0.29) is 24.4 Å². The summed E-state index contributed by atoms with van der Waals surface area (Å²) in [5, 5.41) is 13.5. The van der Waals surface area contributed by atoms with Crippen molar-refractivity contribution in [2.75, 3.05) is 6.54 Å². The van der Waals surface area contributed by atoms with Crippen molar-refractivity contribution in [1.82, 2.24) is 10.6 Å². The minimum absolute atomic E-state index is 0.00649. The van der Waals surface area contributed by atoms with Crippen molar-refractivity contribution in [3.05, 3.63) is 65.7 Å². The molecule has 0 radical (unpaired) electrons. The lowest BCUT2D eigenvalue weighted by Crippen LogP contribution is -2.35. The van der Waals surface area contributed by atoms with Gasteiger partial charge in [0.25, 0.3) is 11.8 Å². The molecule has 1 aromatic heterocycles. The van der Waals surface area contributed by atoms with Crippen LogP contribution in [-0.4, -0.2) is 29.4 Å². The molecular formula is C17H16N2O5. The molecule has 0 aliphatic heterocycles. The number of aliphatic carboxylic acids is 1. The van der Waals surface area contributed by atoms with Crippen LogP contribution in [0.3, 0.4) is 0 Å². The van der Waals surface area contributed by atoms with Crippen molar-refractivity contribution >= 4 is 23.9 Å². The molecule has 7 heteroatoms. The Morgan fingerprint density at radius 3 is 2.46 bits per heavy atom. The second kappa shape index (κ2) is 8.33. The number of hydrogen-bond donors (Lipinski definition) is 3. The molecule has 0 aliphatic rings. The van der Waals surface area contributed by atoms with E-state index in [9.17, 15) is 14.4 Å². The van der Waals surface area contributed by atoms with Crippen molar-refractivity contribution < 1.29 is 23.9 Å². The van der Waals surface area contributed by atoms with E-state index in [2.05, 4.69) is 10.6 Å². The Labute approximate surface area is 138 Å². The lowest BCUT2D eigenvalue weighted by molar-refractivity contribution is -0.136. The van der Waals surface area contributed by atoms with Gasteiger partial charge in [0.1, 0.15) is 5.70 Å². The molecule has 0 fully saturated rings. The smallest absolute Gasteiger partial charge is 0.305 e. The van der Waals surface area contributed by atoms with Crippen molar-refractivity contribution in [3.63, 3.8) is 0 Å². The maximum absolute atomic E-state index is 12.2. The van der Waals surface area contributed by atoms with Gasteiger partial charge < -0.3 is 20.2 Å². The summed E-state index contributed by atoms with van der Waals surface area (Å²) >= 11 is 0. The minimum Gasteiger partial charge on any atom is -0.481 e. The van der Waals surface area contributed by atoms with Crippen molar-refractivity contribution in [3.8, 4) is 0 Å². The van der Waals surface area contributed by atoms with Gasteiger partial charge >= 0.3 is 5.97 Å². The van der Waals surface area contributed by atoms with Gasteiger partial charge in [0.05, 0.1) is 12.7 Å². The number of carbonyl (C=O) groups is 3. The van der Waals surface area contributed by atoms with E-state index < -0.39 is 17.8 Å². The summed E-state index contributed by atoms with van der Waals surface area (Å²) in [5.41, 5.74) is 0.702. The first-order chi connectivity index (χ1) is 11.6. The number of hydrogen-bond acceptors (Lipinski definition) is 4. The van der Waals surface area contributed by atoms with E-state index in [1.165, 1.54) is 18.4 Å². The van der Waals surface area contributed by atoms with Crippen molar-refractivity contribution in [2.24, 2.45) is 0 Å². The van der Waals surface area contributed by atoms with E-state index in [1.54, 1.807) is 30.3 Å². The Balaban J connectivity index is 2.14. The summed E-state index contributed by atoms with van der Waals surface area (Å²) in [7, 11) is 0. The summed E-state index contributed by atoms with van der Waals surface area (Å²) in [6.07, 6.45) is 2.63. The Kier molecular flexibility index (Phi) is 5.90. The third-order valence-electron chi connectivity index (χ3n) is 2.97. The van der Waals surface area contributed by atoms with Gasteiger partial charge in [-0.1, -0.05) is 30.3 Å². The van der Waals surface area contributed by atoms with Crippen molar-refractivity contribution in [2.45, 2.75) is 6.42 Å². The quantitative estimate of drug-likeness (QED) is 0.670. The Morgan fingerprint density at radius 2 is 1.83 bits per heavy atom. The molecule has 1 heterocycles. The molecular weight excluding hydrogens is 312 g/mol. The number of rotatable bonds is 7. The second-order valence-corrected chi connectivity index (χ2v) is 4.80. The van der Waals surface area contributed by atoms with E-state index in [1.807, 2.05) is 6.07 Å². The Bertz CT molecular complexity index is 736. The van der Waals surface area contributed by atoms with Gasteiger partial charge in [-0.3, -0.25) is 14.4 Å². The molecule has 0 unspecified atom stereocenters. The standard InChI is InChI=1S/C17H16N2O5/c20-15(21)8-9-18-16(22)13(11-12-5-2-1-3-6-12)19-17(23)14-7-4-10-24-14/h1-7,10-11H,8-9H2,(H,18,22)(H,19,23)(H,20,21). The molecule has 0 aliphatic carbocycles. The van der Waals surface area contributed by atoms with Gasteiger partial charge in [-0.15, -0.1) is 0 Å². The summed E-state index contributed by atoms with van der Waals surface area (Å²) in [5.74, 6) is -2.12. The number of carbonyl (C=O) groups excluding carboxylic acids is 2. The van der Waals surface area contributed by atoms with Crippen LogP contribution < -0.4 is 10.6 Å². The van der Waals surface area contributed by atoms with E-state index in [0.29, 0.717) is 5.56 Å². The van der Waals surface area contributed by atoms with E-state index >= 15 is 0 Å². The first kappa shape index (κ1) is 17.0. The Hall–Kier alpha value is -3.35. The predicted molar refractivity (Wildman–Crippen MR) is 85.9 cm³/mol. The first-order valence-corrected chi connectivity index (χ1v) is 7.18. The largest absolute Gasteiger partial charge is 0.481 e. The highest BCUT2D eigenvalue weighted by atomic mass is 16.4. The van der Waals surface area contributed by atoms with Gasteiger partial charge in [-0.25, -0.2) is 0 Å². The van der Waals surface area contributed by atoms with Crippen LogP contribution in [0.15, 0.2) is 58.8 Å². The van der Waals surface area contributed by atoms with Crippen LogP contribution in [0.25, 0.3) is 6.08 Å². The van der Waals surface area contributed by atoms with Crippen LogP contribution in [0.5, 0.6) is 0 Å². The third-order valence-corrected chi connectivity index (χ3v) is 2.97. The Morgan fingerprint density at radius 1 is 1.08 bits per heavy atom. The van der Waals surface area contributed by atoms with Crippen LogP contribution in [-0.2, 0) is 9.59 Å². The maximum Gasteiger partial charge on any atom is 0.305 e. The number of amides is 2. The van der Waals surface area contributed by atoms with Gasteiger partial charge in [-0.05, 0) is 23.8 Å². The maximum atomic E-state index is 12.2. The molecule has 7 nitrogen and oxygen atoms in total. The van der Waals surface area contributed by atoms with Crippen molar-refractivity contribution in [1.29, 1.82) is 0 Å². The minimum atomic E-state index is -1.02. The lowest BCUT2D eigenvalue weighted by atomic mass is 10.2. The average molecular weight is 328 g/mol. The second-order valence-electron chi connectivity index (χ2n) is 4.80. The topological polar surface area (TPSA) is 109 Å². The van der Waals surface area contributed by atoms with Gasteiger partial charge in [-0.2, -0.15) is 0 Å². The lowest BCUT2D eigenvalue weighted by Gasteiger charge is -2.09. The molecule has 0 saturated carbocycles. The monoisotopic (exact) mass is 328 g/mol. The molecule has 3 N–H and O–H groups in total. The van der Waals surface area contributed by atoms with Crippen LogP contribution in [0, 0.1) is 0 Å². The summed E-state index contributed by atoms with van der Waals surface area (Å²) in [6, 6.07) is 12.0. The van der Waals surface area contributed by atoms with Crippen LogP contribution in [0.2, 0.25) is 0 Å². The zero-order valence-corrected chi connectivity index (χ0v) is 12.7. The highest BCUT2D eigenvalue weighted by Crippen LogP contribution is 2.07. The fourth-order valence-corrected chi connectivity index (χ4v) is 1.84. The van der Waals surface area contributed by atoms with Crippen LogP contribution >= 0.6 is 0 Å². The highest BCUT2D eigenvalue weighted by Gasteiger charge is 2.16. The zero-order valence-electron chi connectivity index (χ0n) is 12.7. The highest BCUT2D eigenvalue weighted by molar-refractivity contribution is 6.04.